The Balaban J connectivity index is 2.85. The summed E-state index contributed by atoms with van der Waals surface area (Å²) in [6, 6.07) is 2.64. The van der Waals surface area contributed by atoms with E-state index < -0.39 is 21.3 Å². The molecule has 0 saturated carbocycles. The van der Waals surface area contributed by atoms with E-state index in [1.807, 2.05) is 0 Å². The summed E-state index contributed by atoms with van der Waals surface area (Å²) in [5.74, 6) is -0.813. The highest BCUT2D eigenvalue weighted by atomic mass is 35.5. The highest BCUT2D eigenvalue weighted by Crippen LogP contribution is 2.36. The SMILES string of the molecule is CC(C)(C)C(=O)CCS(=O)(=O)Oc1c(Cl)cc(Cl)cc1Cl. The summed E-state index contributed by atoms with van der Waals surface area (Å²) in [7, 11) is -3.98. The van der Waals surface area contributed by atoms with E-state index in [2.05, 4.69) is 0 Å². The van der Waals surface area contributed by atoms with Crippen molar-refractivity contribution in [3.63, 3.8) is 0 Å². The van der Waals surface area contributed by atoms with Crippen LogP contribution < -0.4 is 4.18 Å². The topological polar surface area (TPSA) is 60.4 Å². The third kappa shape index (κ3) is 5.66. The van der Waals surface area contributed by atoms with Crippen LogP contribution in [0, 0.1) is 5.41 Å². The van der Waals surface area contributed by atoms with Crippen molar-refractivity contribution in [3.8, 4) is 5.75 Å². The molecule has 0 N–H and O–H groups in total. The van der Waals surface area contributed by atoms with E-state index in [9.17, 15) is 13.2 Å². The summed E-state index contributed by atoms with van der Waals surface area (Å²) >= 11 is 17.4. The van der Waals surface area contributed by atoms with Crippen LogP contribution in [0.2, 0.25) is 15.1 Å². The van der Waals surface area contributed by atoms with Gasteiger partial charge in [0.2, 0.25) is 0 Å². The summed E-state index contributed by atoms with van der Waals surface area (Å²) in [6.07, 6.45) is -0.144. The van der Waals surface area contributed by atoms with E-state index in [0.717, 1.165) is 0 Å². The van der Waals surface area contributed by atoms with Crippen molar-refractivity contribution >= 4 is 50.7 Å². The Morgan fingerprint density at radius 1 is 1.14 bits per heavy atom. The van der Waals surface area contributed by atoms with Crippen LogP contribution in [-0.4, -0.2) is 20.0 Å². The average molecular weight is 374 g/mol. The zero-order valence-electron chi connectivity index (χ0n) is 11.7. The van der Waals surface area contributed by atoms with Crippen molar-refractivity contribution in [2.75, 3.05) is 5.75 Å². The van der Waals surface area contributed by atoms with E-state index in [-0.39, 0.29) is 33.0 Å². The molecule has 8 heteroatoms. The molecule has 0 fully saturated rings. The molecule has 0 aliphatic rings. The van der Waals surface area contributed by atoms with E-state index in [0.29, 0.717) is 0 Å². The molecule has 1 rings (SSSR count). The number of rotatable bonds is 5. The van der Waals surface area contributed by atoms with Gasteiger partial charge in [-0.1, -0.05) is 55.6 Å². The van der Waals surface area contributed by atoms with Crippen LogP contribution >= 0.6 is 34.8 Å². The summed E-state index contributed by atoms with van der Waals surface area (Å²) in [5.41, 5.74) is -0.606. The normalized spacial score (nSPS) is 12.3. The first kappa shape index (κ1) is 18.6. The molecular weight excluding hydrogens is 359 g/mol. The minimum atomic E-state index is -3.98. The van der Waals surface area contributed by atoms with Gasteiger partial charge in [-0.25, -0.2) is 0 Å². The van der Waals surface area contributed by atoms with Crippen molar-refractivity contribution in [1.29, 1.82) is 0 Å². The fraction of sp³-hybridized carbons (Fsp3) is 0.462. The van der Waals surface area contributed by atoms with Crippen LogP contribution in [0.1, 0.15) is 27.2 Å². The van der Waals surface area contributed by atoms with Crippen LogP contribution in [0.3, 0.4) is 0 Å². The maximum Gasteiger partial charge on any atom is 0.309 e. The van der Waals surface area contributed by atoms with Gasteiger partial charge in [-0.15, -0.1) is 0 Å². The zero-order valence-corrected chi connectivity index (χ0v) is 14.8. The lowest BCUT2D eigenvalue weighted by Crippen LogP contribution is -2.24. The number of Topliss-reactive ketones (excluding diaryl/α,β-unsaturated/α-hetero) is 1. The lowest BCUT2D eigenvalue weighted by Gasteiger charge is -2.16. The van der Waals surface area contributed by atoms with Gasteiger partial charge in [0, 0.05) is 16.9 Å². The molecule has 21 heavy (non-hydrogen) atoms. The first-order valence-corrected chi connectivity index (χ1v) is 8.73. The van der Waals surface area contributed by atoms with Gasteiger partial charge in [0.1, 0.15) is 5.78 Å². The molecule has 0 aliphatic carbocycles. The third-order valence-corrected chi connectivity index (χ3v) is 4.49. The van der Waals surface area contributed by atoms with Gasteiger partial charge < -0.3 is 4.18 Å². The van der Waals surface area contributed by atoms with E-state index in [4.69, 9.17) is 39.0 Å². The van der Waals surface area contributed by atoms with Gasteiger partial charge in [0.25, 0.3) is 0 Å². The van der Waals surface area contributed by atoms with Gasteiger partial charge in [-0.05, 0) is 12.1 Å². The fourth-order valence-corrected chi connectivity index (χ4v) is 3.31. The molecule has 4 nitrogen and oxygen atoms in total. The Hall–Kier alpha value is -0.490. The maximum absolute atomic E-state index is 11.9. The lowest BCUT2D eigenvalue weighted by atomic mass is 9.89. The van der Waals surface area contributed by atoms with Crippen molar-refractivity contribution in [3.05, 3.63) is 27.2 Å². The van der Waals surface area contributed by atoms with Gasteiger partial charge in [-0.3, -0.25) is 4.79 Å². The number of hydrogen-bond acceptors (Lipinski definition) is 4. The molecule has 118 valence electrons. The van der Waals surface area contributed by atoms with Gasteiger partial charge >= 0.3 is 10.1 Å². The molecule has 0 aromatic heterocycles. The number of carbonyl (C=O) groups is 1. The Morgan fingerprint density at radius 3 is 2.05 bits per heavy atom. The minimum Gasteiger partial charge on any atom is -0.379 e. The zero-order chi connectivity index (χ0) is 16.4. The number of benzene rings is 1. The fourth-order valence-electron chi connectivity index (χ4n) is 1.37. The predicted octanol–water partition coefficient (Wildman–Crippen LogP) is 4.36. The summed E-state index contributed by atoms with van der Waals surface area (Å²) < 4.78 is 28.7. The molecule has 0 saturated heterocycles. The molecule has 0 spiro atoms. The van der Waals surface area contributed by atoms with Crippen LogP contribution in [0.15, 0.2) is 12.1 Å². The second-order valence-corrected chi connectivity index (χ2v) is 8.41. The summed E-state index contributed by atoms with van der Waals surface area (Å²) in [6.45, 7) is 5.15. The van der Waals surface area contributed by atoms with Crippen molar-refractivity contribution in [2.45, 2.75) is 27.2 Å². The Labute approximate surface area is 139 Å². The van der Waals surface area contributed by atoms with Gasteiger partial charge in [0.15, 0.2) is 5.75 Å². The Bertz CT molecular complexity index is 625. The monoisotopic (exact) mass is 372 g/mol. The molecule has 0 unspecified atom stereocenters. The standard InChI is InChI=1S/C13H15Cl3O4S/c1-13(2,3)11(17)4-5-21(18,19)20-12-9(15)6-8(14)7-10(12)16/h6-7H,4-5H2,1-3H3. The predicted molar refractivity (Wildman–Crippen MR) is 85.0 cm³/mol. The molecule has 0 bridgehead atoms. The van der Waals surface area contributed by atoms with E-state index in [1.165, 1.54) is 12.1 Å². The molecular formula is C13H15Cl3O4S. The van der Waals surface area contributed by atoms with Crippen LogP contribution in [0.5, 0.6) is 5.75 Å². The molecule has 1 aromatic rings. The van der Waals surface area contributed by atoms with Crippen LogP contribution in [0.25, 0.3) is 0 Å². The van der Waals surface area contributed by atoms with Crippen LogP contribution in [-0.2, 0) is 14.9 Å². The average Bonchev–Trinajstić information content (AvgIpc) is 2.29. The lowest BCUT2D eigenvalue weighted by molar-refractivity contribution is -0.125. The molecule has 0 radical (unpaired) electrons. The van der Waals surface area contributed by atoms with Crippen molar-refractivity contribution < 1.29 is 17.4 Å². The van der Waals surface area contributed by atoms with E-state index >= 15 is 0 Å². The van der Waals surface area contributed by atoms with Crippen LogP contribution in [0.4, 0.5) is 0 Å². The van der Waals surface area contributed by atoms with Gasteiger partial charge in [0.05, 0.1) is 15.8 Å². The molecule has 1 aromatic carbocycles. The number of hydrogen-bond donors (Lipinski definition) is 0. The number of ketones is 1. The Morgan fingerprint density at radius 2 is 1.62 bits per heavy atom. The van der Waals surface area contributed by atoms with Crippen molar-refractivity contribution in [2.24, 2.45) is 5.41 Å². The first-order chi connectivity index (χ1) is 9.42. The largest absolute Gasteiger partial charge is 0.379 e. The maximum atomic E-state index is 11.9. The third-order valence-electron chi connectivity index (χ3n) is 2.59. The second kappa shape index (κ2) is 6.73. The smallest absolute Gasteiger partial charge is 0.309 e. The molecule has 0 aliphatic heterocycles. The van der Waals surface area contributed by atoms with Crippen molar-refractivity contribution in [1.82, 2.24) is 0 Å². The highest BCUT2D eigenvalue weighted by Gasteiger charge is 2.25. The highest BCUT2D eigenvalue weighted by molar-refractivity contribution is 7.87. The minimum absolute atomic E-state index is 0.0155. The number of halogens is 3. The number of carbonyl (C=O) groups excluding carboxylic acids is 1. The van der Waals surface area contributed by atoms with Gasteiger partial charge in [-0.2, -0.15) is 8.42 Å². The van der Waals surface area contributed by atoms with E-state index in [1.54, 1.807) is 20.8 Å². The summed E-state index contributed by atoms with van der Waals surface area (Å²) in [5, 5.41) is 0.231. The quantitative estimate of drug-likeness (QED) is 0.719. The molecule has 0 heterocycles. The first-order valence-electron chi connectivity index (χ1n) is 6.02. The summed E-state index contributed by atoms with van der Waals surface area (Å²) in [4.78, 5) is 11.8. The molecule has 0 amide bonds. The second-order valence-electron chi connectivity index (χ2n) is 5.47. The Kier molecular flexibility index (Phi) is 5.95. The molecule has 0 atom stereocenters.